The molecule has 1 aromatic heterocycles. The highest BCUT2D eigenvalue weighted by atomic mass is 16.5. The van der Waals surface area contributed by atoms with Crippen molar-refractivity contribution in [2.45, 2.75) is 0 Å². The summed E-state index contributed by atoms with van der Waals surface area (Å²) in [5.74, 6) is 1.14. The molecule has 5 heteroatoms. The number of H-pyrrole nitrogens is 1. The first-order chi connectivity index (χ1) is 10.7. The Labute approximate surface area is 126 Å². The van der Waals surface area contributed by atoms with Gasteiger partial charge in [-0.15, -0.1) is 0 Å². The van der Waals surface area contributed by atoms with E-state index in [1.807, 2.05) is 0 Å². The van der Waals surface area contributed by atoms with E-state index in [9.17, 15) is 9.90 Å². The smallest absolute Gasteiger partial charge is 0.201 e. The average Bonchev–Trinajstić information content (AvgIpc) is 2.55. The fraction of sp³-hybridized carbons (Fsp3) is 0.118. The van der Waals surface area contributed by atoms with Crippen LogP contribution in [-0.4, -0.2) is 24.3 Å². The number of pyridine rings is 1. The Hall–Kier alpha value is -2.95. The lowest BCUT2D eigenvalue weighted by Crippen LogP contribution is -2.07. The molecule has 0 bridgehead atoms. The lowest BCUT2D eigenvalue weighted by Gasteiger charge is -2.09. The number of ether oxygens (including phenoxy) is 2. The van der Waals surface area contributed by atoms with Gasteiger partial charge in [-0.3, -0.25) is 4.79 Å². The van der Waals surface area contributed by atoms with Gasteiger partial charge < -0.3 is 19.6 Å². The Morgan fingerprint density at radius 1 is 1.00 bits per heavy atom. The molecule has 0 saturated carbocycles. The van der Waals surface area contributed by atoms with Crippen LogP contribution in [0, 0.1) is 0 Å². The van der Waals surface area contributed by atoms with E-state index in [1.165, 1.54) is 13.2 Å². The fourth-order valence-electron chi connectivity index (χ4n) is 2.45. The first kappa shape index (κ1) is 14.0. The topological polar surface area (TPSA) is 71.6 Å². The maximum atomic E-state index is 12.7. The van der Waals surface area contributed by atoms with Crippen molar-refractivity contribution in [2.24, 2.45) is 0 Å². The van der Waals surface area contributed by atoms with Gasteiger partial charge in [0.1, 0.15) is 17.2 Å². The van der Waals surface area contributed by atoms with Gasteiger partial charge >= 0.3 is 0 Å². The zero-order valence-electron chi connectivity index (χ0n) is 12.2. The maximum absolute atomic E-state index is 12.7. The van der Waals surface area contributed by atoms with Gasteiger partial charge in [0.25, 0.3) is 0 Å². The largest absolute Gasteiger partial charge is 0.507 e. The second-order valence-electron chi connectivity index (χ2n) is 4.80. The van der Waals surface area contributed by atoms with Gasteiger partial charge in [0, 0.05) is 11.8 Å². The van der Waals surface area contributed by atoms with Gasteiger partial charge in [0.2, 0.25) is 5.43 Å². The van der Waals surface area contributed by atoms with Crippen LogP contribution >= 0.6 is 0 Å². The molecule has 22 heavy (non-hydrogen) atoms. The molecular weight excluding hydrogens is 282 g/mol. The minimum atomic E-state index is -0.254. The number of aromatic amines is 1. The summed E-state index contributed by atoms with van der Waals surface area (Å²) in [5.41, 5.74) is 1.44. The van der Waals surface area contributed by atoms with E-state index in [0.29, 0.717) is 22.6 Å². The van der Waals surface area contributed by atoms with E-state index in [1.54, 1.807) is 43.6 Å². The van der Waals surface area contributed by atoms with Gasteiger partial charge in [-0.2, -0.15) is 0 Å². The van der Waals surface area contributed by atoms with Gasteiger partial charge in [-0.1, -0.05) is 12.1 Å². The highest BCUT2D eigenvalue weighted by Crippen LogP contribution is 2.30. The number of rotatable bonds is 3. The Bertz CT molecular complexity index is 882. The molecule has 0 spiro atoms. The van der Waals surface area contributed by atoms with E-state index >= 15 is 0 Å². The van der Waals surface area contributed by atoms with Crippen molar-refractivity contribution in [3.8, 4) is 28.4 Å². The number of methoxy groups -OCH3 is 2. The van der Waals surface area contributed by atoms with Crippen LogP contribution in [0.4, 0.5) is 0 Å². The van der Waals surface area contributed by atoms with E-state index < -0.39 is 0 Å². The molecule has 5 nitrogen and oxygen atoms in total. The van der Waals surface area contributed by atoms with Crippen LogP contribution in [0.1, 0.15) is 0 Å². The van der Waals surface area contributed by atoms with Crippen LogP contribution in [0.3, 0.4) is 0 Å². The number of hydrogen-bond acceptors (Lipinski definition) is 4. The molecule has 2 N–H and O–H groups in total. The Morgan fingerprint density at radius 3 is 2.36 bits per heavy atom. The van der Waals surface area contributed by atoms with Crippen molar-refractivity contribution in [3.63, 3.8) is 0 Å². The first-order valence-electron chi connectivity index (χ1n) is 6.71. The van der Waals surface area contributed by atoms with Crippen LogP contribution in [0.25, 0.3) is 22.0 Å². The molecular formula is C17H15NO4. The molecule has 0 aliphatic carbocycles. The number of benzene rings is 2. The average molecular weight is 297 g/mol. The summed E-state index contributed by atoms with van der Waals surface area (Å²) < 4.78 is 10.3. The minimum Gasteiger partial charge on any atom is -0.507 e. The van der Waals surface area contributed by atoms with Crippen LogP contribution in [-0.2, 0) is 0 Å². The third-order valence-corrected chi connectivity index (χ3v) is 3.60. The number of aromatic nitrogens is 1. The molecule has 3 rings (SSSR count). The zero-order valence-corrected chi connectivity index (χ0v) is 12.2. The number of fused-ring (bicyclic) bond motifs is 1. The Kier molecular flexibility index (Phi) is 3.47. The molecule has 112 valence electrons. The lowest BCUT2D eigenvalue weighted by molar-refractivity contribution is 0.415. The van der Waals surface area contributed by atoms with Crippen molar-refractivity contribution in [1.82, 2.24) is 4.98 Å². The highest BCUT2D eigenvalue weighted by Gasteiger charge is 2.14. The molecule has 2 aromatic carbocycles. The SMILES string of the molecule is COc1ccc(-c2c[nH]c3c(OC)ccc(O)c3c2=O)cc1. The van der Waals surface area contributed by atoms with Crippen molar-refractivity contribution in [3.05, 3.63) is 52.8 Å². The second kappa shape index (κ2) is 5.44. The van der Waals surface area contributed by atoms with E-state index in [0.717, 1.165) is 5.56 Å². The lowest BCUT2D eigenvalue weighted by atomic mass is 10.0. The minimum absolute atomic E-state index is 0.0765. The van der Waals surface area contributed by atoms with Crippen molar-refractivity contribution >= 4 is 10.9 Å². The quantitative estimate of drug-likeness (QED) is 0.779. The van der Waals surface area contributed by atoms with Gasteiger partial charge in [0.15, 0.2) is 0 Å². The van der Waals surface area contributed by atoms with Gasteiger partial charge in [-0.05, 0) is 29.8 Å². The molecule has 1 heterocycles. The summed E-state index contributed by atoms with van der Waals surface area (Å²) in [6.07, 6.45) is 1.62. The molecule has 0 amide bonds. The maximum Gasteiger partial charge on any atom is 0.201 e. The molecule has 3 aromatic rings. The third-order valence-electron chi connectivity index (χ3n) is 3.60. The number of phenols is 1. The summed E-state index contributed by atoms with van der Waals surface area (Å²) in [7, 11) is 3.10. The summed E-state index contributed by atoms with van der Waals surface area (Å²) >= 11 is 0. The normalized spacial score (nSPS) is 10.6. The molecule has 0 unspecified atom stereocenters. The standard InChI is InChI=1S/C17H15NO4/c1-21-11-5-3-10(4-6-11)12-9-18-16-14(22-2)8-7-13(19)15(16)17(12)20/h3-9,19H,1-2H3,(H,18,20). The van der Waals surface area contributed by atoms with Gasteiger partial charge in [0.05, 0.1) is 25.1 Å². The predicted octanol–water partition coefficient (Wildman–Crippen LogP) is 2.92. The van der Waals surface area contributed by atoms with Crippen LogP contribution < -0.4 is 14.9 Å². The zero-order chi connectivity index (χ0) is 15.7. The fourth-order valence-corrected chi connectivity index (χ4v) is 2.45. The van der Waals surface area contributed by atoms with Crippen molar-refractivity contribution < 1.29 is 14.6 Å². The highest BCUT2D eigenvalue weighted by molar-refractivity contribution is 5.92. The number of aromatic hydroxyl groups is 1. The predicted molar refractivity (Wildman–Crippen MR) is 84.8 cm³/mol. The molecule has 0 fully saturated rings. The number of hydrogen-bond donors (Lipinski definition) is 2. The molecule has 0 saturated heterocycles. The van der Waals surface area contributed by atoms with Crippen LogP contribution in [0.2, 0.25) is 0 Å². The van der Waals surface area contributed by atoms with E-state index in [-0.39, 0.29) is 16.6 Å². The second-order valence-corrected chi connectivity index (χ2v) is 4.80. The summed E-state index contributed by atoms with van der Waals surface area (Å²) in [5, 5.41) is 10.2. The molecule has 0 radical (unpaired) electrons. The summed E-state index contributed by atoms with van der Waals surface area (Å²) in [6.45, 7) is 0. The number of phenolic OH excluding ortho intramolecular Hbond substituents is 1. The Morgan fingerprint density at radius 2 is 1.73 bits per heavy atom. The Balaban J connectivity index is 2.26. The first-order valence-corrected chi connectivity index (χ1v) is 6.71. The molecule has 0 aliphatic rings. The number of nitrogens with one attached hydrogen (secondary N) is 1. The van der Waals surface area contributed by atoms with E-state index in [4.69, 9.17) is 9.47 Å². The molecule has 0 aliphatic heterocycles. The van der Waals surface area contributed by atoms with Crippen LogP contribution in [0.15, 0.2) is 47.4 Å². The summed E-state index contributed by atoms with van der Waals surface area (Å²) in [6, 6.07) is 10.2. The van der Waals surface area contributed by atoms with Crippen molar-refractivity contribution in [1.29, 1.82) is 0 Å². The summed E-state index contributed by atoms with van der Waals surface area (Å²) in [4.78, 5) is 15.7. The van der Waals surface area contributed by atoms with Crippen molar-refractivity contribution in [2.75, 3.05) is 14.2 Å². The molecule has 0 atom stereocenters. The van der Waals surface area contributed by atoms with Gasteiger partial charge in [-0.25, -0.2) is 0 Å². The van der Waals surface area contributed by atoms with Crippen LogP contribution in [0.5, 0.6) is 17.2 Å². The van der Waals surface area contributed by atoms with E-state index in [2.05, 4.69) is 4.98 Å². The monoisotopic (exact) mass is 297 g/mol. The third kappa shape index (κ3) is 2.16.